The maximum absolute atomic E-state index is 6.45. The van der Waals surface area contributed by atoms with Crippen LogP contribution in [0.25, 0.3) is 0 Å². The summed E-state index contributed by atoms with van der Waals surface area (Å²) in [5.74, 6) is 0. The zero-order valence-corrected chi connectivity index (χ0v) is 9.73. The first-order valence-electron chi connectivity index (χ1n) is 5.21. The second kappa shape index (κ2) is 3.31. The van der Waals surface area contributed by atoms with Gasteiger partial charge in [0.25, 0.3) is 0 Å². The number of nitrogens with zero attached hydrogens (tertiary/aromatic N) is 1. The van der Waals surface area contributed by atoms with Crippen molar-refractivity contribution in [3.05, 3.63) is 16.6 Å². The van der Waals surface area contributed by atoms with Crippen molar-refractivity contribution in [3.63, 3.8) is 0 Å². The van der Waals surface area contributed by atoms with Crippen molar-refractivity contribution in [1.29, 1.82) is 0 Å². The summed E-state index contributed by atoms with van der Waals surface area (Å²) in [5.41, 5.74) is 6.67. The Kier molecular flexibility index (Phi) is 2.40. The molecule has 78 valence electrons. The van der Waals surface area contributed by atoms with Gasteiger partial charge >= 0.3 is 0 Å². The fourth-order valence-corrected chi connectivity index (χ4v) is 3.35. The van der Waals surface area contributed by atoms with E-state index in [1.807, 2.05) is 11.6 Å². The van der Waals surface area contributed by atoms with Gasteiger partial charge in [0.2, 0.25) is 0 Å². The molecule has 1 aliphatic rings. The van der Waals surface area contributed by atoms with Crippen molar-refractivity contribution in [3.8, 4) is 0 Å². The topological polar surface area (TPSA) is 38.9 Å². The Balaban J connectivity index is 2.24. The lowest BCUT2D eigenvalue weighted by Crippen LogP contribution is -2.44. The predicted molar refractivity (Wildman–Crippen MR) is 60.2 cm³/mol. The highest BCUT2D eigenvalue weighted by Crippen LogP contribution is 2.44. The van der Waals surface area contributed by atoms with Gasteiger partial charge in [0.15, 0.2) is 0 Å². The van der Waals surface area contributed by atoms with Gasteiger partial charge in [-0.25, -0.2) is 4.98 Å². The number of hydrogen-bond acceptors (Lipinski definition) is 3. The molecule has 3 heteroatoms. The van der Waals surface area contributed by atoms with E-state index in [9.17, 15) is 0 Å². The van der Waals surface area contributed by atoms with E-state index in [2.05, 4.69) is 18.8 Å². The quantitative estimate of drug-likeness (QED) is 0.774. The third-order valence-electron chi connectivity index (χ3n) is 3.13. The van der Waals surface area contributed by atoms with Gasteiger partial charge in [0, 0.05) is 11.6 Å². The standard InChI is InChI=1S/C11H18N2S/c1-10(2)4-3-5-11(12,8-10)9-13-6-7-14-9/h6-7H,3-5,8,12H2,1-2H3. The summed E-state index contributed by atoms with van der Waals surface area (Å²) in [7, 11) is 0. The molecule has 14 heavy (non-hydrogen) atoms. The molecule has 1 saturated carbocycles. The molecule has 2 nitrogen and oxygen atoms in total. The number of rotatable bonds is 1. The summed E-state index contributed by atoms with van der Waals surface area (Å²) in [6, 6.07) is 0. The summed E-state index contributed by atoms with van der Waals surface area (Å²) in [6.07, 6.45) is 6.52. The Bertz CT molecular complexity index is 305. The maximum Gasteiger partial charge on any atom is 0.112 e. The number of aromatic nitrogens is 1. The van der Waals surface area contributed by atoms with Crippen LogP contribution in [0.4, 0.5) is 0 Å². The third-order valence-corrected chi connectivity index (χ3v) is 4.12. The van der Waals surface area contributed by atoms with Gasteiger partial charge in [-0.2, -0.15) is 0 Å². The van der Waals surface area contributed by atoms with Crippen LogP contribution in [0.5, 0.6) is 0 Å². The van der Waals surface area contributed by atoms with Gasteiger partial charge in [-0.3, -0.25) is 0 Å². The third kappa shape index (κ3) is 1.84. The predicted octanol–water partition coefficient (Wildman–Crippen LogP) is 2.90. The largest absolute Gasteiger partial charge is 0.319 e. The first-order valence-corrected chi connectivity index (χ1v) is 6.09. The van der Waals surface area contributed by atoms with Crippen LogP contribution in [0.1, 0.15) is 44.5 Å². The van der Waals surface area contributed by atoms with E-state index in [0.29, 0.717) is 5.41 Å². The molecule has 1 unspecified atom stereocenters. The van der Waals surface area contributed by atoms with Crippen LogP contribution in [0.2, 0.25) is 0 Å². The first kappa shape index (κ1) is 10.1. The highest BCUT2D eigenvalue weighted by Gasteiger charge is 2.39. The summed E-state index contributed by atoms with van der Waals surface area (Å²) in [6.45, 7) is 4.61. The molecule has 0 aromatic carbocycles. The molecule has 1 aromatic rings. The lowest BCUT2D eigenvalue weighted by atomic mass is 9.69. The van der Waals surface area contributed by atoms with Gasteiger partial charge in [0.1, 0.15) is 5.01 Å². The van der Waals surface area contributed by atoms with E-state index in [-0.39, 0.29) is 5.54 Å². The van der Waals surface area contributed by atoms with Gasteiger partial charge in [-0.1, -0.05) is 20.3 Å². The molecule has 1 aliphatic carbocycles. The summed E-state index contributed by atoms with van der Waals surface area (Å²) in [4.78, 5) is 4.37. The van der Waals surface area contributed by atoms with Crippen LogP contribution in [0.15, 0.2) is 11.6 Å². The zero-order valence-electron chi connectivity index (χ0n) is 8.92. The normalized spacial score (nSPS) is 31.6. The highest BCUT2D eigenvalue weighted by molar-refractivity contribution is 7.09. The van der Waals surface area contributed by atoms with Gasteiger partial charge < -0.3 is 5.73 Å². The van der Waals surface area contributed by atoms with Crippen molar-refractivity contribution in [2.75, 3.05) is 0 Å². The summed E-state index contributed by atoms with van der Waals surface area (Å²) in [5, 5.41) is 3.14. The highest BCUT2D eigenvalue weighted by atomic mass is 32.1. The average molecular weight is 210 g/mol. The second-order valence-electron chi connectivity index (χ2n) is 5.19. The number of thiazole rings is 1. The molecule has 1 atom stereocenters. The number of nitrogens with two attached hydrogens (primary N) is 1. The van der Waals surface area contributed by atoms with Crippen LogP contribution in [-0.2, 0) is 5.54 Å². The van der Waals surface area contributed by atoms with Crippen molar-refractivity contribution < 1.29 is 0 Å². The molecule has 0 bridgehead atoms. The molecule has 2 N–H and O–H groups in total. The zero-order chi connectivity index (χ0) is 10.2. The minimum atomic E-state index is -0.157. The van der Waals surface area contributed by atoms with Crippen molar-refractivity contribution >= 4 is 11.3 Å². The molecule has 0 saturated heterocycles. The molecule has 0 spiro atoms. The first-order chi connectivity index (χ1) is 6.52. The molecular formula is C11H18N2S. The van der Waals surface area contributed by atoms with E-state index in [4.69, 9.17) is 5.73 Å². The molecular weight excluding hydrogens is 192 g/mol. The fraction of sp³-hybridized carbons (Fsp3) is 0.727. The molecule has 0 aliphatic heterocycles. The van der Waals surface area contributed by atoms with Crippen molar-refractivity contribution in [1.82, 2.24) is 4.98 Å². The van der Waals surface area contributed by atoms with Gasteiger partial charge in [-0.15, -0.1) is 11.3 Å². The van der Waals surface area contributed by atoms with Crippen molar-refractivity contribution in [2.45, 2.75) is 45.1 Å². The fourth-order valence-electron chi connectivity index (χ4n) is 2.57. The van der Waals surface area contributed by atoms with Crippen LogP contribution in [0, 0.1) is 5.41 Å². The molecule has 1 aromatic heterocycles. The molecule has 0 amide bonds. The van der Waals surface area contributed by atoms with E-state index in [1.54, 1.807) is 11.3 Å². The Labute approximate surface area is 89.5 Å². The second-order valence-corrected chi connectivity index (χ2v) is 6.08. The van der Waals surface area contributed by atoms with E-state index >= 15 is 0 Å². The Hall–Kier alpha value is -0.410. The van der Waals surface area contributed by atoms with Crippen LogP contribution in [0.3, 0.4) is 0 Å². The van der Waals surface area contributed by atoms with Crippen LogP contribution < -0.4 is 5.73 Å². The Morgan fingerprint density at radius 1 is 1.43 bits per heavy atom. The molecule has 1 fully saturated rings. The van der Waals surface area contributed by atoms with Gasteiger partial charge in [-0.05, 0) is 24.7 Å². The molecule has 1 heterocycles. The minimum absolute atomic E-state index is 0.157. The van der Waals surface area contributed by atoms with E-state index in [1.165, 1.54) is 12.8 Å². The lowest BCUT2D eigenvalue weighted by molar-refractivity contribution is 0.151. The molecule has 2 rings (SSSR count). The van der Waals surface area contributed by atoms with Crippen LogP contribution in [-0.4, -0.2) is 4.98 Å². The monoisotopic (exact) mass is 210 g/mol. The van der Waals surface area contributed by atoms with Crippen LogP contribution >= 0.6 is 11.3 Å². The Morgan fingerprint density at radius 3 is 2.79 bits per heavy atom. The maximum atomic E-state index is 6.45. The summed E-state index contributed by atoms with van der Waals surface area (Å²) < 4.78 is 0. The van der Waals surface area contributed by atoms with Crippen molar-refractivity contribution in [2.24, 2.45) is 11.1 Å². The van der Waals surface area contributed by atoms with E-state index < -0.39 is 0 Å². The minimum Gasteiger partial charge on any atom is -0.319 e. The number of hydrogen-bond donors (Lipinski definition) is 1. The van der Waals surface area contributed by atoms with Gasteiger partial charge in [0.05, 0.1) is 5.54 Å². The smallest absolute Gasteiger partial charge is 0.112 e. The lowest BCUT2D eigenvalue weighted by Gasteiger charge is -2.41. The van der Waals surface area contributed by atoms with E-state index in [0.717, 1.165) is 17.8 Å². The average Bonchev–Trinajstić information content (AvgIpc) is 2.52. The Morgan fingerprint density at radius 2 is 2.21 bits per heavy atom. The molecule has 0 radical (unpaired) electrons. The SMILES string of the molecule is CC1(C)CCCC(N)(c2nccs2)C1. The summed E-state index contributed by atoms with van der Waals surface area (Å²) >= 11 is 1.69.